The van der Waals surface area contributed by atoms with E-state index in [1.54, 1.807) is 165 Å². The number of hydrogen-bond donors (Lipinski definition) is 16. The summed E-state index contributed by atoms with van der Waals surface area (Å²) < 4.78 is 79.4. The molecule has 15 rings (SSSR count). The van der Waals surface area contributed by atoms with Crippen LogP contribution in [0.2, 0.25) is 0 Å². The molecule has 2 heterocycles. The normalized spacial score (nSPS) is 11.0. The second-order valence-corrected chi connectivity index (χ2v) is 31.4. The van der Waals surface area contributed by atoms with Crippen LogP contribution in [-0.4, -0.2) is 227 Å². The Balaban J connectivity index is 0.000000364. The topological polar surface area (TPSA) is 712 Å². The minimum Gasteiger partial charge on any atom is -1.00 e. The minimum absolute atomic E-state index is 0. The molecule has 0 amide bonds. The Hall–Kier alpha value is -14.9. The van der Waals surface area contributed by atoms with Crippen LogP contribution >= 0.6 is 0 Å². The molecule has 0 radical (unpaired) electrons. The number of aryl methyl sites for hydroxylation is 2. The molecule has 15 aromatic rings. The maximum absolute atomic E-state index is 11.9. The number of nitrogens with one attached hydrogen (secondary N) is 1. The largest absolute Gasteiger partial charge is 2.00 e. The third-order valence-electron chi connectivity index (χ3n) is 18.9. The number of anilines is 5. The van der Waals surface area contributed by atoms with Gasteiger partial charge in [0.1, 0.15) is 90.1 Å². The molecule has 145 heavy (non-hydrogen) atoms. The van der Waals surface area contributed by atoms with Crippen LogP contribution in [0.1, 0.15) is 78.4 Å². The molecule has 0 aliphatic rings. The van der Waals surface area contributed by atoms with Crippen molar-refractivity contribution >= 4 is 251 Å². The number of carboxylic acid groups (broad SMARTS) is 4. The third kappa shape index (κ3) is 37.4. The van der Waals surface area contributed by atoms with Crippen molar-refractivity contribution in [2.24, 2.45) is 51.1 Å². The van der Waals surface area contributed by atoms with Gasteiger partial charge >= 0.3 is 145 Å². The fourth-order valence-corrected chi connectivity index (χ4v) is 13.5. The van der Waals surface area contributed by atoms with E-state index in [1.165, 1.54) is 60.7 Å². The molecule has 42 nitrogen and oxygen atoms in total. The van der Waals surface area contributed by atoms with Gasteiger partial charge in [-0.05, 0) is 211 Å². The van der Waals surface area contributed by atoms with Crippen molar-refractivity contribution in [2.75, 3.05) is 53.1 Å². The van der Waals surface area contributed by atoms with E-state index in [4.69, 9.17) is 69.8 Å². The molecule has 1 unspecified atom stereocenters. The van der Waals surface area contributed by atoms with Gasteiger partial charge in [-0.25, -0.2) is 32.8 Å². The van der Waals surface area contributed by atoms with E-state index in [-0.39, 0.29) is 195 Å². The molecule has 48 heteroatoms. The first kappa shape index (κ1) is 119. The number of carbonyl (C=O) groups excluding carboxylic acids is 1. The number of hydrogen-bond acceptors (Lipinski definition) is 38. The molecule has 13 aromatic carbocycles. The zero-order chi connectivity index (χ0) is 103. The number of aromatic hydroxyl groups is 5. The monoisotopic (exact) mass is 2090 g/mol. The van der Waals surface area contributed by atoms with Gasteiger partial charge in [-0.3, -0.25) is 4.72 Å². The molecule has 0 aliphatic carbocycles. The van der Waals surface area contributed by atoms with Gasteiger partial charge in [-0.2, -0.15) is 48.0 Å². The van der Waals surface area contributed by atoms with Crippen LogP contribution in [0.15, 0.2) is 347 Å². The van der Waals surface area contributed by atoms with Crippen molar-refractivity contribution < 1.29 is 152 Å². The van der Waals surface area contributed by atoms with Crippen molar-refractivity contribution in [3.63, 3.8) is 0 Å². The van der Waals surface area contributed by atoms with Crippen molar-refractivity contribution in [1.82, 2.24) is 9.97 Å². The van der Waals surface area contributed by atoms with E-state index in [2.05, 4.69) is 71.9 Å². The summed E-state index contributed by atoms with van der Waals surface area (Å²) >= 11 is -1.82. The van der Waals surface area contributed by atoms with Gasteiger partial charge in [-0.1, -0.05) is 120 Å². The molecule has 0 bridgehead atoms. The van der Waals surface area contributed by atoms with Gasteiger partial charge in [0.2, 0.25) is 0 Å². The fourth-order valence-electron chi connectivity index (χ4n) is 12.2. The van der Waals surface area contributed by atoms with Gasteiger partial charge in [0.05, 0.1) is 58.1 Å². The molecule has 0 saturated heterocycles. The Morgan fingerprint density at radius 3 is 1.58 bits per heavy atom. The molecule has 19 N–H and O–H groups in total. The summed E-state index contributed by atoms with van der Waals surface area (Å²) in [5.74, 6) is -5.25. The maximum Gasteiger partial charge on any atom is 2.00 e. The van der Waals surface area contributed by atoms with Gasteiger partial charge in [0, 0.05) is 41.5 Å². The van der Waals surface area contributed by atoms with E-state index in [0.29, 0.717) is 91.8 Å². The summed E-state index contributed by atoms with van der Waals surface area (Å²) in [6.07, 6.45) is 2.99. The van der Waals surface area contributed by atoms with Gasteiger partial charge in [-0.15, -0.1) is 49.7 Å². The summed E-state index contributed by atoms with van der Waals surface area (Å²) in [7, 11) is -7.92. The number of nitrogens with zero attached hydrogens (tertiary/aromatic N) is 13. The number of azo groups is 5. The molecule has 0 spiro atoms. The number of rotatable bonds is 27. The molecule has 2 aromatic heterocycles. The zero-order valence-electron chi connectivity index (χ0n) is 78.6. The third-order valence-corrected chi connectivity index (χ3v) is 20.4. The number of carbonyl (C=O) groups is 4. The molecule has 0 aliphatic heterocycles. The Morgan fingerprint density at radius 1 is 0.510 bits per heavy atom. The van der Waals surface area contributed by atoms with Crippen LogP contribution in [0.5, 0.6) is 34.5 Å². The van der Waals surface area contributed by atoms with Crippen LogP contribution in [-0.2, 0) is 32.0 Å². The Kier molecular flexibility index (Phi) is 48.6. The van der Waals surface area contributed by atoms with Crippen molar-refractivity contribution in [2.45, 2.75) is 25.0 Å². The first-order valence-corrected chi connectivity index (χ1v) is 44.6. The number of benzene rings is 13. The van der Waals surface area contributed by atoms with Crippen molar-refractivity contribution in [3.05, 3.63) is 347 Å². The predicted molar refractivity (Wildman–Crippen MR) is 537 cm³/mol. The summed E-state index contributed by atoms with van der Waals surface area (Å²) in [5, 5.41) is 166. The number of nitrogens with two attached hydrogens (primary N) is 3. The van der Waals surface area contributed by atoms with Crippen molar-refractivity contribution in [1.29, 1.82) is 0 Å². The Bertz CT molecular complexity index is 7480. The van der Waals surface area contributed by atoms with E-state index < -0.39 is 78.4 Å². The van der Waals surface area contributed by atoms with Gasteiger partial charge in [0.15, 0.2) is 17.9 Å². The summed E-state index contributed by atoms with van der Waals surface area (Å²) in [5.41, 5.74) is 23.6. The molecule has 0 saturated carbocycles. The first-order valence-electron chi connectivity index (χ1n) is 41.1. The van der Waals surface area contributed by atoms with Crippen LogP contribution in [0.25, 0.3) is 33.7 Å². The van der Waals surface area contributed by atoms with E-state index in [9.17, 15) is 67.0 Å². The number of fused-ring (bicyclic) bond motifs is 2. The number of aromatic nitrogens is 2. The van der Waals surface area contributed by atoms with E-state index >= 15 is 0 Å². The average Bonchev–Trinajstić information content (AvgIpc) is 0.782. The number of aromatic carboxylic acids is 4. The quantitative estimate of drug-likeness (QED) is 0.00432. The van der Waals surface area contributed by atoms with Crippen LogP contribution in [0.3, 0.4) is 0 Å². The Morgan fingerprint density at radius 2 is 1.01 bits per heavy atom. The Labute approximate surface area is 915 Å². The molecule has 1 atom stereocenters. The number of aliphatic hydroxyl groups is 4. The second-order valence-electron chi connectivity index (χ2n) is 28.9. The molecule has 732 valence electrons. The smallest absolute Gasteiger partial charge is 1.00 e. The molecular formula is C97H86Ca2N17NaO25S3. The number of carboxylic acids is 4. The first-order chi connectivity index (χ1) is 67.9. The second kappa shape index (κ2) is 59.3. The summed E-state index contributed by atoms with van der Waals surface area (Å²) in [6, 6.07) is 79.4. The number of phenols is 5. The standard InChI is InChI=1S/C18H14N4O5S.C18H14N2O6S.C17H19N3O4.C17H14N3O.C16H14O6.C11H11N5.2Ca.Na.O3S.2H/c23-16-9-6-13(11-15(16)18(24)25)21-20-12-4-7-14(8-5-12)27-28(26)22-17-3-1-2-10-19-17;1-10-6-7-14(15(8-10)27(24,25)26)19-20-16-12-5-3-2-4-11(12)9-13(17(16)21)18(22)23;21-11-9-20(10-12-22)14-7-5-13(6-8-14)18-19-16-4-2-1-3-15(16)17(23)24;1-11-10-12-6-5-9-14(18)15(12)17(21)16(11)20-19-13-7-3-2-4-8-13;17-13-5-3-9(7-11(13)15(19)20)1-2-10-4-6-14(18)12(8-10)16(21)22;12-10-7-6-9(11(13)14-10)16-15-8-4-2-1-3-5-8;;;;1-4(2)3;;/h1-11,23H,(H,19,22)(H,24,25);2-9,21H,1H3,(H,22,23)(H,24,25,26);1-8,21-22H,9-12H2,(H,23,24);2-4,6-10,21H,18H2,1H3;1-8,15,17-20H,(H,21,22);1-7H,(H4,12,13,14);;;;;;/q;;;-1;;;2*+2;+1;;2*-1/p-2. The summed E-state index contributed by atoms with van der Waals surface area (Å²) in [4.78, 5) is 53.5. The van der Waals surface area contributed by atoms with Crippen LogP contribution in [0.4, 0.5) is 85.7 Å². The number of nitrogen functional groups attached to an aromatic ring is 3. The van der Waals surface area contributed by atoms with E-state index in [0.717, 1.165) is 34.1 Å². The average molecular weight is 2090 g/mol. The fraction of sp³-hybridized carbons (Fsp3) is 0.0722. The molecular weight excluding hydrogens is 2000 g/mol. The van der Waals surface area contributed by atoms with Gasteiger partial charge in [0.25, 0.3) is 0 Å². The number of aliphatic hydroxyl groups excluding tert-OH is 3. The molecule has 0 fully saturated rings. The minimum atomic E-state index is -4.80. The number of pyridine rings is 2. The van der Waals surface area contributed by atoms with Crippen LogP contribution < -0.4 is 65.7 Å². The predicted octanol–water partition coefficient (Wildman–Crippen LogP) is 13.8. The van der Waals surface area contributed by atoms with E-state index in [1.807, 2.05) is 90.7 Å². The van der Waals surface area contributed by atoms with Crippen molar-refractivity contribution in [3.8, 4) is 34.5 Å². The number of phenolic OH excluding ortho intramolecular Hbond substituents is 2. The summed E-state index contributed by atoms with van der Waals surface area (Å²) in [6.45, 7) is 4.32. The maximum atomic E-state index is 11.9. The van der Waals surface area contributed by atoms with Crippen LogP contribution in [0, 0.1) is 19.9 Å². The zero-order valence-corrected chi connectivity index (χ0v) is 85.5. The SMILES string of the molecule is Cc1cc2c[c-]cc(N)c2c(O)c1N=Nc1ccccc1.Cc1ccc(N=Nc2c(O)c(C(=O)[O-])cc3ccccc23)c(S(=O)(=O)[O-])c1.Nc1ccc(N=Nc2ccccc2)c(N)n1.O=C(O)c1cc(C=Cc2ccc(O)c(C(O)O)c2)ccc1O.O=C(O)c1cc(N=Nc2ccc(OS(=O)Nc3ccccn3)cc2)ccc1O.O=C(O)c1ccccc1N=Nc1ccc(N(CCO)CCO)cc1.O=S(=O)=O.[Ca+2].[Ca+2].[H-].[H-].[Na+]. The van der Waals surface area contributed by atoms with Gasteiger partial charge < -0.3 is 105 Å².